The van der Waals surface area contributed by atoms with Crippen molar-refractivity contribution in [1.29, 1.82) is 0 Å². The number of rotatable bonds is 5. The van der Waals surface area contributed by atoms with Crippen molar-refractivity contribution in [3.63, 3.8) is 0 Å². The summed E-state index contributed by atoms with van der Waals surface area (Å²) in [5.74, 6) is 0.470. The predicted octanol–water partition coefficient (Wildman–Crippen LogP) is 2.06. The number of methoxy groups -OCH3 is 1. The Kier molecular flexibility index (Phi) is 4.49. The third-order valence-electron chi connectivity index (χ3n) is 2.63. The lowest BCUT2D eigenvalue weighted by molar-refractivity contribution is -0.114. The van der Waals surface area contributed by atoms with Crippen LogP contribution in [0.15, 0.2) is 36.8 Å². The van der Waals surface area contributed by atoms with Crippen molar-refractivity contribution in [3.8, 4) is 5.75 Å². The van der Waals surface area contributed by atoms with E-state index in [1.165, 1.54) is 13.3 Å². The zero-order valence-corrected chi connectivity index (χ0v) is 11.4. The molecule has 2 aromatic rings. The quantitative estimate of drug-likeness (QED) is 0.871. The Morgan fingerprint density at radius 2 is 2.20 bits per heavy atom. The normalized spacial score (nSPS) is 9.90. The molecule has 6 nitrogen and oxygen atoms in total. The Bertz CT molecular complexity index is 587. The number of nitrogens with zero attached hydrogens (tertiary/aromatic N) is 2. The molecule has 104 valence electrons. The van der Waals surface area contributed by atoms with Gasteiger partial charge in [0.25, 0.3) is 0 Å². The van der Waals surface area contributed by atoms with Crippen LogP contribution in [-0.2, 0) is 11.3 Å². The Morgan fingerprint density at radius 1 is 1.35 bits per heavy atom. The van der Waals surface area contributed by atoms with Crippen molar-refractivity contribution in [2.24, 2.45) is 0 Å². The molecule has 1 amide bonds. The molecule has 6 heteroatoms. The molecule has 2 N–H and O–H groups in total. The van der Waals surface area contributed by atoms with Gasteiger partial charge in [0.1, 0.15) is 12.1 Å². The Balaban J connectivity index is 2.07. The van der Waals surface area contributed by atoms with E-state index in [0.717, 1.165) is 11.4 Å². The molecule has 0 fully saturated rings. The van der Waals surface area contributed by atoms with Crippen LogP contribution in [0.2, 0.25) is 0 Å². The first-order chi connectivity index (χ1) is 9.69. The first-order valence-corrected chi connectivity index (χ1v) is 6.13. The Morgan fingerprint density at radius 3 is 2.85 bits per heavy atom. The molecule has 0 spiro atoms. The van der Waals surface area contributed by atoms with Crippen LogP contribution in [0.1, 0.15) is 12.6 Å². The minimum Gasteiger partial charge on any atom is -0.494 e. The Hall–Kier alpha value is -2.63. The van der Waals surface area contributed by atoms with Crippen LogP contribution in [-0.4, -0.2) is 23.0 Å². The second-order valence-electron chi connectivity index (χ2n) is 4.15. The highest BCUT2D eigenvalue weighted by Gasteiger charge is 2.05. The molecule has 1 aromatic carbocycles. The van der Waals surface area contributed by atoms with Gasteiger partial charge in [-0.3, -0.25) is 4.79 Å². The van der Waals surface area contributed by atoms with Crippen molar-refractivity contribution in [1.82, 2.24) is 9.97 Å². The predicted molar refractivity (Wildman–Crippen MR) is 76.7 cm³/mol. The molecule has 0 bridgehead atoms. The summed E-state index contributed by atoms with van der Waals surface area (Å²) in [5.41, 5.74) is 2.42. The van der Waals surface area contributed by atoms with Crippen molar-refractivity contribution in [2.75, 3.05) is 17.7 Å². The average molecular weight is 272 g/mol. The summed E-state index contributed by atoms with van der Waals surface area (Å²) in [6.45, 7) is 2.05. The maximum atomic E-state index is 11.1. The number of benzene rings is 1. The molecule has 0 unspecified atom stereocenters. The van der Waals surface area contributed by atoms with Gasteiger partial charge in [0.2, 0.25) is 5.91 Å². The lowest BCUT2D eigenvalue weighted by atomic mass is 10.2. The molecule has 0 aliphatic carbocycles. The minimum atomic E-state index is -0.134. The molecule has 1 heterocycles. The monoisotopic (exact) mass is 272 g/mol. The highest BCUT2D eigenvalue weighted by atomic mass is 16.5. The lowest BCUT2D eigenvalue weighted by Crippen LogP contribution is -2.08. The first-order valence-electron chi connectivity index (χ1n) is 6.13. The van der Waals surface area contributed by atoms with Crippen LogP contribution in [0.5, 0.6) is 5.75 Å². The number of hydrogen-bond acceptors (Lipinski definition) is 5. The molecule has 0 atom stereocenters. The van der Waals surface area contributed by atoms with Crippen molar-refractivity contribution in [2.45, 2.75) is 13.5 Å². The fourth-order valence-corrected chi connectivity index (χ4v) is 1.71. The van der Waals surface area contributed by atoms with Crippen LogP contribution >= 0.6 is 0 Å². The SMILES string of the molecule is COc1cc(NCc2ccncn2)ccc1NC(C)=O. The number of nitrogens with one attached hydrogen (secondary N) is 2. The van der Waals surface area contributed by atoms with Crippen LogP contribution in [0, 0.1) is 0 Å². The highest BCUT2D eigenvalue weighted by molar-refractivity contribution is 5.90. The van der Waals surface area contributed by atoms with E-state index < -0.39 is 0 Å². The molecule has 2 rings (SSSR count). The molecule has 0 radical (unpaired) electrons. The van der Waals surface area contributed by atoms with E-state index in [-0.39, 0.29) is 5.91 Å². The first kappa shape index (κ1) is 13.8. The molecule has 0 aliphatic rings. The van der Waals surface area contributed by atoms with E-state index in [0.29, 0.717) is 18.0 Å². The van der Waals surface area contributed by atoms with Gasteiger partial charge < -0.3 is 15.4 Å². The summed E-state index contributed by atoms with van der Waals surface area (Å²) in [6.07, 6.45) is 3.21. The van der Waals surface area contributed by atoms with Gasteiger partial charge in [-0.2, -0.15) is 0 Å². The zero-order valence-electron chi connectivity index (χ0n) is 11.4. The highest BCUT2D eigenvalue weighted by Crippen LogP contribution is 2.28. The number of aromatic nitrogens is 2. The molecular formula is C14H16N4O2. The summed E-state index contributed by atoms with van der Waals surface area (Å²) >= 11 is 0. The average Bonchev–Trinajstić information content (AvgIpc) is 2.46. The third kappa shape index (κ3) is 3.68. The molecule has 0 saturated carbocycles. The van der Waals surface area contributed by atoms with Gasteiger partial charge in [-0.15, -0.1) is 0 Å². The van der Waals surface area contributed by atoms with Gasteiger partial charge in [0.05, 0.1) is 25.0 Å². The second-order valence-corrected chi connectivity index (χ2v) is 4.15. The van der Waals surface area contributed by atoms with Gasteiger partial charge in [-0.05, 0) is 18.2 Å². The summed E-state index contributed by atoms with van der Waals surface area (Å²) in [6, 6.07) is 7.33. The van der Waals surface area contributed by atoms with Crippen molar-refractivity contribution in [3.05, 3.63) is 42.5 Å². The lowest BCUT2D eigenvalue weighted by Gasteiger charge is -2.12. The zero-order chi connectivity index (χ0) is 14.4. The van der Waals surface area contributed by atoms with Crippen molar-refractivity contribution < 1.29 is 9.53 Å². The Labute approximate surface area is 117 Å². The van der Waals surface area contributed by atoms with Crippen molar-refractivity contribution >= 4 is 17.3 Å². The summed E-state index contributed by atoms with van der Waals surface area (Å²) in [5, 5.41) is 5.95. The smallest absolute Gasteiger partial charge is 0.221 e. The standard InChI is InChI=1S/C14H16N4O2/c1-10(19)18-13-4-3-11(7-14(13)20-2)16-8-12-5-6-15-9-17-12/h3-7,9,16H,8H2,1-2H3,(H,18,19). The van der Waals surface area contributed by atoms with Crippen LogP contribution in [0.25, 0.3) is 0 Å². The number of carbonyl (C=O) groups excluding carboxylic acids is 1. The number of anilines is 2. The maximum Gasteiger partial charge on any atom is 0.221 e. The van der Waals surface area contributed by atoms with Gasteiger partial charge in [-0.25, -0.2) is 9.97 Å². The van der Waals surface area contributed by atoms with Crippen LogP contribution < -0.4 is 15.4 Å². The van der Waals surface area contributed by atoms with E-state index in [2.05, 4.69) is 20.6 Å². The molecule has 20 heavy (non-hydrogen) atoms. The van der Waals surface area contributed by atoms with E-state index >= 15 is 0 Å². The topological polar surface area (TPSA) is 76.1 Å². The largest absolute Gasteiger partial charge is 0.494 e. The maximum absolute atomic E-state index is 11.1. The summed E-state index contributed by atoms with van der Waals surface area (Å²) in [7, 11) is 1.56. The molecule has 0 aliphatic heterocycles. The molecule has 0 saturated heterocycles. The van der Waals surface area contributed by atoms with E-state index in [4.69, 9.17) is 4.74 Å². The summed E-state index contributed by atoms with van der Waals surface area (Å²) < 4.78 is 5.26. The minimum absolute atomic E-state index is 0.134. The summed E-state index contributed by atoms with van der Waals surface area (Å²) in [4.78, 5) is 19.1. The van der Waals surface area contributed by atoms with E-state index in [9.17, 15) is 4.79 Å². The van der Waals surface area contributed by atoms with Crippen LogP contribution in [0.3, 0.4) is 0 Å². The van der Waals surface area contributed by atoms with Gasteiger partial charge in [-0.1, -0.05) is 0 Å². The van der Waals surface area contributed by atoms with E-state index in [1.54, 1.807) is 19.4 Å². The number of ether oxygens (including phenoxy) is 1. The van der Waals surface area contributed by atoms with Gasteiger partial charge in [0, 0.05) is 24.9 Å². The van der Waals surface area contributed by atoms with Crippen LogP contribution in [0.4, 0.5) is 11.4 Å². The molecule has 1 aromatic heterocycles. The number of amides is 1. The van der Waals surface area contributed by atoms with Gasteiger partial charge >= 0.3 is 0 Å². The molecular weight excluding hydrogens is 256 g/mol. The second kappa shape index (κ2) is 6.51. The fraction of sp³-hybridized carbons (Fsp3) is 0.214. The van der Waals surface area contributed by atoms with E-state index in [1.807, 2.05) is 18.2 Å². The third-order valence-corrected chi connectivity index (χ3v) is 2.63. The number of carbonyl (C=O) groups is 1. The van der Waals surface area contributed by atoms with Gasteiger partial charge in [0.15, 0.2) is 0 Å². The number of hydrogen-bond donors (Lipinski definition) is 2. The fourth-order valence-electron chi connectivity index (χ4n) is 1.71.